The molecule has 0 unspecified atom stereocenters. The number of aryl methyl sites for hydroxylation is 1. The zero-order chi connectivity index (χ0) is 19.6. The molecule has 8 heteroatoms. The number of rotatable bonds is 5. The SMILES string of the molecule is CCOc1cc(C)nc2sc(C(=O)Nc3ccc(C(=O)OC)cc3)c(N)c12. The number of amides is 1. The number of benzene rings is 1. The standard InChI is InChI=1S/C19H19N3O4S/c1-4-26-13-9-10(2)21-18-14(13)15(20)16(27-18)17(23)22-12-7-5-11(6-8-12)19(24)25-3/h5-9H,4,20H2,1-3H3,(H,22,23). The first-order chi connectivity index (χ1) is 12.9. The summed E-state index contributed by atoms with van der Waals surface area (Å²) < 4.78 is 10.3. The van der Waals surface area contributed by atoms with Gasteiger partial charge in [0.05, 0.1) is 30.4 Å². The van der Waals surface area contributed by atoms with Gasteiger partial charge in [-0.1, -0.05) is 0 Å². The fraction of sp³-hybridized carbons (Fsp3) is 0.211. The minimum atomic E-state index is -0.438. The molecule has 7 nitrogen and oxygen atoms in total. The monoisotopic (exact) mass is 385 g/mol. The number of carbonyl (C=O) groups excluding carboxylic acids is 2. The first kappa shape index (κ1) is 18.7. The molecule has 0 aliphatic carbocycles. The molecule has 3 aromatic rings. The number of esters is 1. The summed E-state index contributed by atoms with van der Waals surface area (Å²) in [6, 6.07) is 8.22. The number of anilines is 2. The molecule has 0 radical (unpaired) electrons. The number of nitrogens with two attached hydrogens (primary N) is 1. The number of nitrogen functional groups attached to an aromatic ring is 1. The topological polar surface area (TPSA) is 104 Å². The molecule has 1 aromatic carbocycles. The fourth-order valence-electron chi connectivity index (χ4n) is 2.64. The number of pyridine rings is 1. The molecule has 3 rings (SSSR count). The lowest BCUT2D eigenvalue weighted by molar-refractivity contribution is 0.0600. The summed E-state index contributed by atoms with van der Waals surface area (Å²) in [4.78, 5) is 29.6. The van der Waals surface area contributed by atoms with Crippen LogP contribution in [0.25, 0.3) is 10.2 Å². The Morgan fingerprint density at radius 1 is 1.26 bits per heavy atom. The third-order valence-electron chi connectivity index (χ3n) is 3.86. The zero-order valence-corrected chi connectivity index (χ0v) is 16.0. The van der Waals surface area contributed by atoms with E-state index in [-0.39, 0.29) is 5.91 Å². The van der Waals surface area contributed by atoms with Crippen molar-refractivity contribution in [3.05, 3.63) is 46.5 Å². The second-order valence-electron chi connectivity index (χ2n) is 5.74. The van der Waals surface area contributed by atoms with Gasteiger partial charge in [-0.15, -0.1) is 11.3 Å². The quantitative estimate of drug-likeness (QED) is 0.650. The first-order valence-corrected chi connectivity index (χ1v) is 9.08. The molecular formula is C19H19N3O4S. The van der Waals surface area contributed by atoms with E-state index in [1.165, 1.54) is 18.4 Å². The molecule has 1 amide bonds. The van der Waals surface area contributed by atoms with Crippen LogP contribution in [0.2, 0.25) is 0 Å². The normalized spacial score (nSPS) is 10.6. The van der Waals surface area contributed by atoms with E-state index >= 15 is 0 Å². The number of hydrogen-bond donors (Lipinski definition) is 2. The second-order valence-corrected chi connectivity index (χ2v) is 6.74. The van der Waals surface area contributed by atoms with E-state index in [4.69, 9.17) is 10.5 Å². The maximum atomic E-state index is 12.7. The fourth-order valence-corrected chi connectivity index (χ4v) is 3.69. The van der Waals surface area contributed by atoms with Gasteiger partial charge in [-0.3, -0.25) is 4.79 Å². The predicted molar refractivity (Wildman–Crippen MR) is 106 cm³/mol. The first-order valence-electron chi connectivity index (χ1n) is 8.26. The number of carbonyl (C=O) groups is 2. The van der Waals surface area contributed by atoms with Crippen LogP contribution in [0.1, 0.15) is 32.6 Å². The number of hydrogen-bond acceptors (Lipinski definition) is 7. The molecule has 27 heavy (non-hydrogen) atoms. The molecule has 2 heterocycles. The second kappa shape index (κ2) is 7.63. The number of fused-ring (bicyclic) bond motifs is 1. The maximum Gasteiger partial charge on any atom is 0.337 e. The number of nitrogens with one attached hydrogen (secondary N) is 1. The van der Waals surface area contributed by atoms with Crippen LogP contribution in [-0.4, -0.2) is 30.6 Å². The zero-order valence-electron chi connectivity index (χ0n) is 15.2. The van der Waals surface area contributed by atoms with Crippen LogP contribution in [0.3, 0.4) is 0 Å². The Kier molecular flexibility index (Phi) is 5.27. The molecule has 2 aromatic heterocycles. The lowest BCUT2D eigenvalue weighted by Crippen LogP contribution is -2.12. The maximum absolute atomic E-state index is 12.7. The van der Waals surface area contributed by atoms with Crippen LogP contribution in [0.5, 0.6) is 5.75 Å². The molecule has 0 saturated carbocycles. The van der Waals surface area contributed by atoms with Crippen molar-refractivity contribution < 1.29 is 19.1 Å². The van der Waals surface area contributed by atoms with Crippen molar-refractivity contribution in [1.82, 2.24) is 4.98 Å². The van der Waals surface area contributed by atoms with E-state index in [2.05, 4.69) is 15.0 Å². The van der Waals surface area contributed by atoms with Crippen LogP contribution in [0, 0.1) is 6.92 Å². The number of methoxy groups -OCH3 is 1. The van der Waals surface area contributed by atoms with Crippen molar-refractivity contribution in [2.45, 2.75) is 13.8 Å². The van der Waals surface area contributed by atoms with Gasteiger partial charge in [0.1, 0.15) is 15.5 Å². The van der Waals surface area contributed by atoms with Crippen LogP contribution in [-0.2, 0) is 4.74 Å². The van der Waals surface area contributed by atoms with Gasteiger partial charge in [0.2, 0.25) is 0 Å². The van der Waals surface area contributed by atoms with Crippen LogP contribution >= 0.6 is 11.3 Å². The van der Waals surface area contributed by atoms with Crippen molar-refractivity contribution in [1.29, 1.82) is 0 Å². The van der Waals surface area contributed by atoms with Crippen molar-refractivity contribution in [3.63, 3.8) is 0 Å². The van der Waals surface area contributed by atoms with Crippen LogP contribution < -0.4 is 15.8 Å². The largest absolute Gasteiger partial charge is 0.493 e. The molecule has 0 aliphatic rings. The molecule has 0 bridgehead atoms. The molecule has 3 N–H and O–H groups in total. The van der Waals surface area contributed by atoms with Gasteiger partial charge in [0.15, 0.2) is 0 Å². The van der Waals surface area contributed by atoms with Gasteiger partial charge >= 0.3 is 5.97 Å². The number of aromatic nitrogens is 1. The Labute approximate surface area is 160 Å². The van der Waals surface area contributed by atoms with E-state index in [0.29, 0.717) is 44.4 Å². The molecule has 140 valence electrons. The van der Waals surface area contributed by atoms with Gasteiger partial charge in [-0.25, -0.2) is 9.78 Å². The highest BCUT2D eigenvalue weighted by atomic mass is 32.1. The Hall–Kier alpha value is -3.13. The molecule has 0 atom stereocenters. The summed E-state index contributed by atoms with van der Waals surface area (Å²) in [5, 5.41) is 3.43. The van der Waals surface area contributed by atoms with E-state index in [1.807, 2.05) is 19.9 Å². The minimum Gasteiger partial charge on any atom is -0.493 e. The van der Waals surface area contributed by atoms with E-state index in [0.717, 1.165) is 5.69 Å². The lowest BCUT2D eigenvalue weighted by atomic mass is 10.2. The Bertz CT molecular complexity index is 1010. The summed E-state index contributed by atoms with van der Waals surface area (Å²) in [6.45, 7) is 4.23. The Balaban J connectivity index is 1.91. The molecular weight excluding hydrogens is 366 g/mol. The Morgan fingerprint density at radius 3 is 2.59 bits per heavy atom. The highest BCUT2D eigenvalue weighted by Crippen LogP contribution is 2.39. The Morgan fingerprint density at radius 2 is 1.96 bits per heavy atom. The third kappa shape index (κ3) is 3.70. The van der Waals surface area contributed by atoms with Crippen LogP contribution in [0.15, 0.2) is 30.3 Å². The molecule has 0 saturated heterocycles. The van der Waals surface area contributed by atoms with E-state index in [1.54, 1.807) is 24.3 Å². The van der Waals surface area contributed by atoms with E-state index in [9.17, 15) is 9.59 Å². The summed E-state index contributed by atoms with van der Waals surface area (Å²) in [5.41, 5.74) is 8.30. The molecule has 0 spiro atoms. The number of thiophene rings is 1. The average Bonchev–Trinajstić information content (AvgIpc) is 2.98. The lowest BCUT2D eigenvalue weighted by Gasteiger charge is -2.07. The van der Waals surface area contributed by atoms with Gasteiger partial charge < -0.3 is 20.5 Å². The van der Waals surface area contributed by atoms with Gasteiger partial charge in [-0.2, -0.15) is 0 Å². The minimum absolute atomic E-state index is 0.342. The van der Waals surface area contributed by atoms with Crippen LogP contribution in [0.4, 0.5) is 11.4 Å². The average molecular weight is 385 g/mol. The summed E-state index contributed by atoms with van der Waals surface area (Å²) >= 11 is 1.21. The van der Waals surface area contributed by atoms with Crippen molar-refractivity contribution in [2.75, 3.05) is 24.8 Å². The van der Waals surface area contributed by atoms with Gasteiger partial charge in [-0.05, 0) is 38.1 Å². The summed E-state index contributed by atoms with van der Waals surface area (Å²) in [7, 11) is 1.31. The summed E-state index contributed by atoms with van der Waals surface area (Å²) in [6.07, 6.45) is 0. The number of nitrogens with zero attached hydrogens (tertiary/aromatic N) is 1. The highest BCUT2D eigenvalue weighted by Gasteiger charge is 2.21. The smallest absolute Gasteiger partial charge is 0.337 e. The van der Waals surface area contributed by atoms with Crippen molar-refractivity contribution in [2.24, 2.45) is 0 Å². The van der Waals surface area contributed by atoms with Gasteiger partial charge in [0, 0.05) is 17.4 Å². The molecule has 0 aliphatic heterocycles. The van der Waals surface area contributed by atoms with Gasteiger partial charge in [0.25, 0.3) is 5.91 Å². The predicted octanol–water partition coefficient (Wildman–Crippen LogP) is 3.62. The van der Waals surface area contributed by atoms with E-state index < -0.39 is 5.97 Å². The van der Waals surface area contributed by atoms with Crippen molar-refractivity contribution >= 4 is 44.8 Å². The summed E-state index contributed by atoms with van der Waals surface area (Å²) in [5.74, 6) is -0.164. The third-order valence-corrected chi connectivity index (χ3v) is 4.96. The molecule has 0 fully saturated rings. The highest BCUT2D eigenvalue weighted by molar-refractivity contribution is 7.21. The number of ether oxygens (including phenoxy) is 2. The van der Waals surface area contributed by atoms with Crippen molar-refractivity contribution in [3.8, 4) is 5.75 Å².